The lowest BCUT2D eigenvalue weighted by Gasteiger charge is -2.06. The molecule has 1 rings (SSSR count). The fourth-order valence-electron chi connectivity index (χ4n) is 1.49. The Hall–Kier alpha value is -1.02. The van der Waals surface area contributed by atoms with Crippen molar-refractivity contribution in [3.8, 4) is 0 Å². The molecular weight excluding hydrogens is 260 g/mol. The Labute approximate surface area is 120 Å². The van der Waals surface area contributed by atoms with Gasteiger partial charge in [0.2, 0.25) is 0 Å². The molecular formula is C13H26N4O3. The van der Waals surface area contributed by atoms with Gasteiger partial charge in [0.05, 0.1) is 45.3 Å². The summed E-state index contributed by atoms with van der Waals surface area (Å²) in [6, 6.07) is 0. The maximum atomic E-state index is 5.45. The zero-order valence-corrected chi connectivity index (χ0v) is 12.3. The highest BCUT2D eigenvalue weighted by molar-refractivity contribution is 4.90. The molecule has 0 atom stereocenters. The standard InChI is InChI=1S/C13H26N4O3/c1-2-3-5-18-7-9-20-10-8-19-6-4-17-12-13(11-14)15-16-17/h12H,2-11,14H2,1H3. The molecule has 1 heterocycles. The molecule has 2 N–H and O–H groups in total. The van der Waals surface area contributed by atoms with Crippen molar-refractivity contribution in [3.05, 3.63) is 11.9 Å². The number of ether oxygens (including phenoxy) is 3. The van der Waals surface area contributed by atoms with Crippen molar-refractivity contribution in [3.63, 3.8) is 0 Å². The fraction of sp³-hybridized carbons (Fsp3) is 0.846. The number of hydrogen-bond acceptors (Lipinski definition) is 6. The van der Waals surface area contributed by atoms with Gasteiger partial charge in [-0.25, -0.2) is 4.68 Å². The number of nitrogens with two attached hydrogens (primary N) is 1. The molecule has 1 aromatic heterocycles. The molecule has 0 aliphatic heterocycles. The van der Waals surface area contributed by atoms with Crippen LogP contribution >= 0.6 is 0 Å². The minimum Gasteiger partial charge on any atom is -0.379 e. The second-order valence-electron chi connectivity index (χ2n) is 4.37. The molecule has 0 bridgehead atoms. The highest BCUT2D eigenvalue weighted by Gasteiger charge is 1.98. The smallest absolute Gasteiger partial charge is 0.0962 e. The first-order valence-corrected chi connectivity index (χ1v) is 7.19. The predicted molar refractivity (Wildman–Crippen MR) is 75.3 cm³/mol. The molecule has 0 saturated carbocycles. The van der Waals surface area contributed by atoms with Crippen LogP contribution in [0.1, 0.15) is 25.5 Å². The van der Waals surface area contributed by atoms with Gasteiger partial charge in [-0.3, -0.25) is 0 Å². The Kier molecular flexibility index (Phi) is 10.0. The topological polar surface area (TPSA) is 84.4 Å². The van der Waals surface area contributed by atoms with E-state index in [4.69, 9.17) is 19.9 Å². The van der Waals surface area contributed by atoms with Gasteiger partial charge in [-0.2, -0.15) is 0 Å². The number of unbranched alkanes of at least 4 members (excludes halogenated alkanes) is 1. The van der Waals surface area contributed by atoms with Crippen molar-refractivity contribution < 1.29 is 14.2 Å². The summed E-state index contributed by atoms with van der Waals surface area (Å²) in [5, 5.41) is 7.83. The van der Waals surface area contributed by atoms with E-state index in [-0.39, 0.29) is 0 Å². The zero-order chi connectivity index (χ0) is 14.5. The summed E-state index contributed by atoms with van der Waals surface area (Å²) in [5.74, 6) is 0. The van der Waals surface area contributed by atoms with Crippen LogP contribution in [-0.4, -0.2) is 54.6 Å². The lowest BCUT2D eigenvalue weighted by Crippen LogP contribution is -2.12. The molecule has 0 spiro atoms. The summed E-state index contributed by atoms with van der Waals surface area (Å²) in [4.78, 5) is 0. The first-order valence-electron chi connectivity index (χ1n) is 7.19. The second kappa shape index (κ2) is 11.8. The van der Waals surface area contributed by atoms with Crippen LogP contribution in [0.25, 0.3) is 0 Å². The predicted octanol–water partition coefficient (Wildman–Crippen LogP) is 0.587. The molecule has 0 saturated heterocycles. The monoisotopic (exact) mass is 286 g/mol. The van der Waals surface area contributed by atoms with E-state index in [0.717, 1.165) is 25.1 Å². The zero-order valence-electron chi connectivity index (χ0n) is 12.3. The van der Waals surface area contributed by atoms with Crippen LogP contribution in [0.3, 0.4) is 0 Å². The Morgan fingerprint density at radius 1 is 1.05 bits per heavy atom. The highest BCUT2D eigenvalue weighted by atomic mass is 16.5. The van der Waals surface area contributed by atoms with Crippen molar-refractivity contribution in [2.24, 2.45) is 5.73 Å². The molecule has 7 nitrogen and oxygen atoms in total. The Balaban J connectivity index is 1.83. The van der Waals surface area contributed by atoms with Gasteiger partial charge < -0.3 is 19.9 Å². The van der Waals surface area contributed by atoms with E-state index in [1.807, 2.05) is 6.20 Å². The minimum atomic E-state index is 0.412. The summed E-state index contributed by atoms with van der Waals surface area (Å²) >= 11 is 0. The Morgan fingerprint density at radius 2 is 1.70 bits per heavy atom. The largest absolute Gasteiger partial charge is 0.379 e. The van der Waals surface area contributed by atoms with Gasteiger partial charge in [0, 0.05) is 19.3 Å². The number of rotatable bonds is 13. The molecule has 20 heavy (non-hydrogen) atoms. The van der Waals surface area contributed by atoms with Crippen molar-refractivity contribution in [1.82, 2.24) is 15.0 Å². The molecule has 7 heteroatoms. The van der Waals surface area contributed by atoms with Gasteiger partial charge in [0.1, 0.15) is 0 Å². The van der Waals surface area contributed by atoms with Gasteiger partial charge in [-0.1, -0.05) is 18.6 Å². The SMILES string of the molecule is CCCCOCCOCCOCCn1cc(CN)nn1. The van der Waals surface area contributed by atoms with Crippen molar-refractivity contribution in [2.45, 2.75) is 32.9 Å². The van der Waals surface area contributed by atoms with Gasteiger partial charge >= 0.3 is 0 Å². The maximum absolute atomic E-state index is 5.45. The van der Waals surface area contributed by atoms with Crippen LogP contribution in [-0.2, 0) is 27.3 Å². The average Bonchev–Trinajstić information content (AvgIpc) is 2.93. The number of hydrogen-bond donors (Lipinski definition) is 1. The molecule has 0 fully saturated rings. The van der Waals surface area contributed by atoms with Crippen LogP contribution < -0.4 is 5.73 Å². The lowest BCUT2D eigenvalue weighted by molar-refractivity contribution is 0.0123. The van der Waals surface area contributed by atoms with Crippen molar-refractivity contribution in [2.75, 3.05) is 39.6 Å². The highest BCUT2D eigenvalue weighted by Crippen LogP contribution is 1.91. The third-order valence-electron chi connectivity index (χ3n) is 2.65. The molecule has 0 radical (unpaired) electrons. The van der Waals surface area contributed by atoms with Crippen molar-refractivity contribution >= 4 is 0 Å². The van der Waals surface area contributed by atoms with Crippen LogP contribution in [0.2, 0.25) is 0 Å². The molecule has 116 valence electrons. The lowest BCUT2D eigenvalue weighted by atomic mass is 10.4. The molecule has 1 aromatic rings. The molecule has 0 aliphatic carbocycles. The van der Waals surface area contributed by atoms with E-state index < -0.39 is 0 Å². The van der Waals surface area contributed by atoms with Gasteiger partial charge in [0.15, 0.2) is 0 Å². The third kappa shape index (κ3) is 8.21. The maximum Gasteiger partial charge on any atom is 0.0962 e. The van der Waals surface area contributed by atoms with E-state index in [9.17, 15) is 0 Å². The van der Waals surface area contributed by atoms with Crippen LogP contribution in [0.4, 0.5) is 0 Å². The Bertz CT molecular complexity index is 333. The van der Waals surface area contributed by atoms with E-state index >= 15 is 0 Å². The molecule has 0 aromatic carbocycles. The van der Waals surface area contributed by atoms with Crippen LogP contribution in [0.15, 0.2) is 6.20 Å². The van der Waals surface area contributed by atoms with Crippen LogP contribution in [0.5, 0.6) is 0 Å². The summed E-state index contributed by atoms with van der Waals surface area (Å²) in [6.45, 7) is 7.07. The van der Waals surface area contributed by atoms with E-state index in [0.29, 0.717) is 46.1 Å². The quantitative estimate of drug-likeness (QED) is 0.534. The summed E-state index contributed by atoms with van der Waals surface area (Å²) < 4.78 is 17.9. The Morgan fingerprint density at radius 3 is 2.30 bits per heavy atom. The van der Waals surface area contributed by atoms with Crippen molar-refractivity contribution in [1.29, 1.82) is 0 Å². The van der Waals surface area contributed by atoms with E-state index in [1.165, 1.54) is 0 Å². The summed E-state index contributed by atoms with van der Waals surface area (Å²) in [7, 11) is 0. The minimum absolute atomic E-state index is 0.412. The fourth-order valence-corrected chi connectivity index (χ4v) is 1.49. The van der Waals surface area contributed by atoms with Crippen LogP contribution in [0, 0.1) is 0 Å². The number of nitrogens with zero attached hydrogens (tertiary/aromatic N) is 3. The van der Waals surface area contributed by atoms with Gasteiger partial charge in [-0.05, 0) is 6.42 Å². The molecule has 0 unspecified atom stereocenters. The average molecular weight is 286 g/mol. The van der Waals surface area contributed by atoms with E-state index in [1.54, 1.807) is 4.68 Å². The third-order valence-corrected chi connectivity index (χ3v) is 2.65. The van der Waals surface area contributed by atoms with Gasteiger partial charge in [0.25, 0.3) is 0 Å². The molecule has 0 aliphatic rings. The summed E-state index contributed by atoms with van der Waals surface area (Å²) in [5.41, 5.74) is 6.24. The number of aromatic nitrogens is 3. The molecule has 0 amide bonds. The summed E-state index contributed by atoms with van der Waals surface area (Å²) in [6.07, 6.45) is 4.10. The first kappa shape index (κ1) is 17.0. The second-order valence-corrected chi connectivity index (χ2v) is 4.37. The first-order chi connectivity index (χ1) is 9.86. The van der Waals surface area contributed by atoms with Gasteiger partial charge in [-0.15, -0.1) is 5.10 Å². The normalized spacial score (nSPS) is 11.1. The van der Waals surface area contributed by atoms with E-state index in [2.05, 4.69) is 17.2 Å².